The van der Waals surface area contributed by atoms with E-state index < -0.39 is 11.4 Å². The molecule has 1 heterocycles. The second-order valence-electron chi connectivity index (χ2n) is 4.88. The molecule has 0 unspecified atom stereocenters. The summed E-state index contributed by atoms with van der Waals surface area (Å²) in [5, 5.41) is 0. The SMILES string of the molecule is COC(=O)C(C)(C)CN1CC(=O)N(C)CC1=O. The lowest BCUT2D eigenvalue weighted by Crippen LogP contribution is -2.55. The molecule has 6 nitrogen and oxygen atoms in total. The number of amides is 2. The minimum Gasteiger partial charge on any atom is -0.469 e. The first-order valence-electron chi connectivity index (χ1n) is 5.38. The van der Waals surface area contributed by atoms with Crippen LogP contribution in [-0.2, 0) is 19.1 Å². The Kier molecular flexibility index (Phi) is 3.75. The molecule has 0 atom stereocenters. The Labute approximate surface area is 101 Å². The fraction of sp³-hybridized carbons (Fsp3) is 0.727. The Hall–Kier alpha value is -1.59. The van der Waals surface area contributed by atoms with Gasteiger partial charge in [0.15, 0.2) is 0 Å². The number of hydrogen-bond acceptors (Lipinski definition) is 4. The van der Waals surface area contributed by atoms with Gasteiger partial charge in [0.1, 0.15) is 0 Å². The maximum absolute atomic E-state index is 11.7. The number of carbonyl (C=O) groups excluding carboxylic acids is 3. The van der Waals surface area contributed by atoms with E-state index in [-0.39, 0.29) is 31.4 Å². The number of rotatable bonds is 3. The lowest BCUT2D eigenvalue weighted by molar-refractivity contribution is -0.157. The Morgan fingerprint density at radius 1 is 1.29 bits per heavy atom. The van der Waals surface area contributed by atoms with Gasteiger partial charge in [0.05, 0.1) is 25.6 Å². The van der Waals surface area contributed by atoms with E-state index in [2.05, 4.69) is 4.74 Å². The molecule has 0 aliphatic carbocycles. The van der Waals surface area contributed by atoms with Crippen molar-refractivity contribution in [3.63, 3.8) is 0 Å². The predicted octanol–water partition coefficient (Wildman–Crippen LogP) is -0.514. The number of nitrogens with zero attached hydrogens (tertiary/aromatic N) is 2. The Bertz CT molecular complexity index is 351. The highest BCUT2D eigenvalue weighted by atomic mass is 16.5. The van der Waals surface area contributed by atoms with E-state index in [1.807, 2.05) is 0 Å². The molecule has 1 saturated heterocycles. The van der Waals surface area contributed by atoms with Crippen molar-refractivity contribution in [3.8, 4) is 0 Å². The van der Waals surface area contributed by atoms with Crippen molar-refractivity contribution in [1.82, 2.24) is 9.80 Å². The van der Waals surface area contributed by atoms with E-state index in [0.717, 1.165) is 0 Å². The maximum Gasteiger partial charge on any atom is 0.313 e. The van der Waals surface area contributed by atoms with Crippen LogP contribution in [0.2, 0.25) is 0 Å². The van der Waals surface area contributed by atoms with Crippen LogP contribution in [0.4, 0.5) is 0 Å². The molecule has 0 aromatic heterocycles. The van der Waals surface area contributed by atoms with E-state index in [0.29, 0.717) is 0 Å². The molecule has 96 valence electrons. The zero-order valence-corrected chi connectivity index (χ0v) is 10.6. The monoisotopic (exact) mass is 242 g/mol. The van der Waals surface area contributed by atoms with Crippen LogP contribution in [-0.4, -0.2) is 61.4 Å². The van der Waals surface area contributed by atoms with Crippen LogP contribution in [0.15, 0.2) is 0 Å². The number of ether oxygens (including phenoxy) is 1. The molecular formula is C11H18N2O4. The highest BCUT2D eigenvalue weighted by Crippen LogP contribution is 2.20. The summed E-state index contributed by atoms with van der Waals surface area (Å²) < 4.78 is 4.67. The third-order valence-corrected chi connectivity index (χ3v) is 2.80. The number of piperazine rings is 1. The smallest absolute Gasteiger partial charge is 0.313 e. The van der Waals surface area contributed by atoms with Gasteiger partial charge in [-0.25, -0.2) is 0 Å². The average molecular weight is 242 g/mol. The minimum atomic E-state index is -0.805. The highest BCUT2D eigenvalue weighted by Gasteiger charge is 2.36. The van der Waals surface area contributed by atoms with Crippen LogP contribution in [0.3, 0.4) is 0 Å². The van der Waals surface area contributed by atoms with Gasteiger partial charge < -0.3 is 14.5 Å². The molecular weight excluding hydrogens is 224 g/mol. The Morgan fingerprint density at radius 2 is 1.88 bits per heavy atom. The van der Waals surface area contributed by atoms with E-state index in [1.54, 1.807) is 20.9 Å². The molecule has 6 heteroatoms. The molecule has 17 heavy (non-hydrogen) atoms. The third-order valence-electron chi connectivity index (χ3n) is 2.80. The minimum absolute atomic E-state index is 0.0236. The van der Waals surface area contributed by atoms with Crippen LogP contribution in [0.5, 0.6) is 0 Å². The van der Waals surface area contributed by atoms with Crippen molar-refractivity contribution >= 4 is 17.8 Å². The zero-order valence-electron chi connectivity index (χ0n) is 10.6. The zero-order chi connectivity index (χ0) is 13.2. The van der Waals surface area contributed by atoms with Crippen molar-refractivity contribution in [2.24, 2.45) is 5.41 Å². The van der Waals surface area contributed by atoms with Gasteiger partial charge in [0.25, 0.3) is 0 Å². The number of methoxy groups -OCH3 is 1. The van der Waals surface area contributed by atoms with Crippen LogP contribution in [0, 0.1) is 5.41 Å². The number of carbonyl (C=O) groups is 3. The molecule has 0 spiro atoms. The summed E-state index contributed by atoms with van der Waals surface area (Å²) in [5.74, 6) is -0.661. The Morgan fingerprint density at radius 3 is 2.41 bits per heavy atom. The standard InChI is InChI=1S/C11H18N2O4/c1-11(2,10(16)17-4)7-13-6-8(14)12(3)5-9(13)15/h5-7H2,1-4H3. The summed E-state index contributed by atoms with van der Waals surface area (Å²) in [5.41, 5.74) is -0.805. The number of esters is 1. The summed E-state index contributed by atoms with van der Waals surface area (Å²) in [6.45, 7) is 3.66. The van der Waals surface area contributed by atoms with Gasteiger partial charge in [-0.1, -0.05) is 0 Å². The molecule has 0 saturated carbocycles. The molecule has 0 bridgehead atoms. The summed E-state index contributed by atoms with van der Waals surface area (Å²) in [7, 11) is 2.89. The molecule has 1 fully saturated rings. The topological polar surface area (TPSA) is 66.9 Å². The van der Waals surface area contributed by atoms with Gasteiger partial charge >= 0.3 is 5.97 Å². The van der Waals surface area contributed by atoms with E-state index in [9.17, 15) is 14.4 Å². The second-order valence-corrected chi connectivity index (χ2v) is 4.88. The van der Waals surface area contributed by atoms with Crippen molar-refractivity contribution in [1.29, 1.82) is 0 Å². The first-order valence-corrected chi connectivity index (χ1v) is 5.38. The van der Waals surface area contributed by atoms with Gasteiger partial charge in [-0.2, -0.15) is 0 Å². The summed E-state index contributed by atoms with van der Waals surface area (Å²) in [4.78, 5) is 37.5. The van der Waals surface area contributed by atoms with Gasteiger partial charge in [0.2, 0.25) is 11.8 Å². The average Bonchev–Trinajstić information content (AvgIpc) is 2.24. The summed E-state index contributed by atoms with van der Waals surface area (Å²) in [6, 6.07) is 0. The Balaban J connectivity index is 2.71. The third kappa shape index (κ3) is 2.95. The molecule has 0 radical (unpaired) electrons. The molecule has 2 amide bonds. The van der Waals surface area contributed by atoms with Crippen LogP contribution >= 0.6 is 0 Å². The summed E-state index contributed by atoms with van der Waals surface area (Å²) >= 11 is 0. The van der Waals surface area contributed by atoms with Crippen molar-refractivity contribution in [2.75, 3.05) is 33.8 Å². The van der Waals surface area contributed by atoms with E-state index in [1.165, 1.54) is 16.9 Å². The number of hydrogen-bond donors (Lipinski definition) is 0. The van der Waals surface area contributed by atoms with Crippen molar-refractivity contribution < 1.29 is 19.1 Å². The van der Waals surface area contributed by atoms with Crippen LogP contribution in [0.1, 0.15) is 13.8 Å². The second kappa shape index (κ2) is 4.73. The first kappa shape index (κ1) is 13.5. The van der Waals surface area contributed by atoms with E-state index >= 15 is 0 Å². The maximum atomic E-state index is 11.7. The van der Waals surface area contributed by atoms with E-state index in [4.69, 9.17) is 0 Å². The van der Waals surface area contributed by atoms with Gasteiger partial charge in [-0.05, 0) is 13.8 Å². The molecule has 0 N–H and O–H groups in total. The van der Waals surface area contributed by atoms with Gasteiger partial charge in [-0.3, -0.25) is 14.4 Å². The quantitative estimate of drug-likeness (QED) is 0.625. The largest absolute Gasteiger partial charge is 0.469 e. The summed E-state index contributed by atoms with van der Waals surface area (Å²) in [6.07, 6.45) is 0. The van der Waals surface area contributed by atoms with Gasteiger partial charge in [0, 0.05) is 13.6 Å². The lowest BCUT2D eigenvalue weighted by Gasteiger charge is -2.35. The lowest BCUT2D eigenvalue weighted by atomic mass is 9.92. The van der Waals surface area contributed by atoms with Crippen LogP contribution in [0.25, 0.3) is 0 Å². The van der Waals surface area contributed by atoms with Crippen LogP contribution < -0.4 is 0 Å². The highest BCUT2D eigenvalue weighted by molar-refractivity contribution is 5.92. The predicted molar refractivity (Wildman–Crippen MR) is 60.0 cm³/mol. The molecule has 0 aromatic carbocycles. The molecule has 1 aliphatic rings. The first-order chi connectivity index (χ1) is 7.77. The number of likely N-dealkylation sites (N-methyl/N-ethyl adjacent to an activating group) is 1. The van der Waals surface area contributed by atoms with Crippen molar-refractivity contribution in [3.05, 3.63) is 0 Å². The normalized spacial score (nSPS) is 17.4. The molecule has 0 aromatic rings. The molecule has 1 aliphatic heterocycles. The van der Waals surface area contributed by atoms with Gasteiger partial charge in [-0.15, -0.1) is 0 Å². The van der Waals surface area contributed by atoms with Crippen molar-refractivity contribution in [2.45, 2.75) is 13.8 Å². The fourth-order valence-electron chi connectivity index (χ4n) is 1.73. The molecule has 1 rings (SSSR count). The fourth-order valence-corrected chi connectivity index (χ4v) is 1.73.